The number of allylic oxidation sites excluding steroid dienone is 1. The van der Waals surface area contributed by atoms with Crippen LogP contribution in [-0.2, 0) is 9.53 Å². The summed E-state index contributed by atoms with van der Waals surface area (Å²) in [5, 5.41) is 8.92. The molecule has 3 N–H and O–H groups in total. The molecule has 0 fully saturated rings. The Bertz CT molecular complexity index is 1190. The molecular formula is C30H40N4O4. The van der Waals surface area contributed by atoms with E-state index in [0.29, 0.717) is 29.1 Å². The SMILES string of the molecule is CCCN1C(=O)N[C@@H](c2cccc(NC(=O)Nc3c(C(C)C)cccc3C(C)C)c2)C(C(=O)OCC)=C1C. The molecule has 1 atom stereocenters. The zero-order valence-corrected chi connectivity index (χ0v) is 23.5. The van der Waals surface area contributed by atoms with Gasteiger partial charge in [0.2, 0.25) is 0 Å². The Morgan fingerprint density at radius 2 is 1.63 bits per heavy atom. The van der Waals surface area contributed by atoms with Crippen LogP contribution in [0.25, 0.3) is 0 Å². The maximum atomic E-state index is 13.1. The molecule has 1 aliphatic heterocycles. The van der Waals surface area contributed by atoms with Gasteiger partial charge in [0.1, 0.15) is 0 Å². The van der Waals surface area contributed by atoms with Crippen LogP contribution in [0.3, 0.4) is 0 Å². The van der Waals surface area contributed by atoms with Gasteiger partial charge in [-0.1, -0.05) is 65.0 Å². The second kappa shape index (κ2) is 12.6. The average Bonchev–Trinajstić information content (AvgIpc) is 2.86. The highest BCUT2D eigenvalue weighted by atomic mass is 16.5. The van der Waals surface area contributed by atoms with Crippen molar-refractivity contribution in [1.29, 1.82) is 0 Å². The number of rotatable bonds is 9. The van der Waals surface area contributed by atoms with E-state index in [0.717, 1.165) is 23.2 Å². The Hall–Kier alpha value is -3.81. The molecule has 0 aromatic heterocycles. The Kier molecular flexibility index (Phi) is 9.55. The van der Waals surface area contributed by atoms with Crippen molar-refractivity contribution in [3.63, 3.8) is 0 Å². The second-order valence-corrected chi connectivity index (χ2v) is 10.1. The Balaban J connectivity index is 1.91. The lowest BCUT2D eigenvalue weighted by Gasteiger charge is -2.35. The van der Waals surface area contributed by atoms with Crippen LogP contribution in [0.1, 0.15) is 89.5 Å². The number of benzene rings is 2. The molecule has 38 heavy (non-hydrogen) atoms. The number of esters is 1. The van der Waals surface area contributed by atoms with E-state index in [-0.39, 0.29) is 30.5 Å². The van der Waals surface area contributed by atoms with Crippen molar-refractivity contribution in [1.82, 2.24) is 10.2 Å². The fraction of sp³-hybridized carbons (Fsp3) is 0.433. The normalized spacial score (nSPS) is 15.6. The molecule has 2 aromatic carbocycles. The third kappa shape index (κ3) is 6.36. The Labute approximate surface area is 225 Å². The molecule has 0 unspecified atom stereocenters. The number of para-hydroxylation sites is 1. The van der Waals surface area contributed by atoms with Gasteiger partial charge in [-0.05, 0) is 60.9 Å². The van der Waals surface area contributed by atoms with Crippen LogP contribution in [0.5, 0.6) is 0 Å². The van der Waals surface area contributed by atoms with E-state index in [1.165, 1.54) is 0 Å². The zero-order valence-electron chi connectivity index (χ0n) is 23.5. The van der Waals surface area contributed by atoms with Crippen molar-refractivity contribution >= 4 is 29.4 Å². The average molecular weight is 521 g/mol. The Morgan fingerprint density at radius 3 is 2.21 bits per heavy atom. The third-order valence-corrected chi connectivity index (χ3v) is 6.63. The molecule has 204 valence electrons. The minimum absolute atomic E-state index is 0.224. The molecule has 0 radical (unpaired) electrons. The molecule has 0 bridgehead atoms. The zero-order chi connectivity index (χ0) is 28.0. The monoisotopic (exact) mass is 520 g/mol. The topological polar surface area (TPSA) is 99.8 Å². The molecular weight excluding hydrogens is 480 g/mol. The van der Waals surface area contributed by atoms with Crippen molar-refractivity contribution in [3.8, 4) is 0 Å². The minimum atomic E-state index is -0.700. The third-order valence-electron chi connectivity index (χ3n) is 6.63. The van der Waals surface area contributed by atoms with E-state index in [9.17, 15) is 14.4 Å². The molecule has 0 saturated heterocycles. The molecule has 1 heterocycles. The van der Waals surface area contributed by atoms with Gasteiger partial charge in [0.25, 0.3) is 0 Å². The van der Waals surface area contributed by atoms with Crippen molar-refractivity contribution in [2.75, 3.05) is 23.8 Å². The first kappa shape index (κ1) is 28.8. The summed E-state index contributed by atoms with van der Waals surface area (Å²) in [6.07, 6.45) is 0.749. The molecule has 0 spiro atoms. The van der Waals surface area contributed by atoms with Crippen molar-refractivity contribution in [3.05, 3.63) is 70.4 Å². The number of urea groups is 2. The quantitative estimate of drug-likeness (QED) is 0.313. The number of nitrogens with zero attached hydrogens (tertiary/aromatic N) is 1. The van der Waals surface area contributed by atoms with Crippen LogP contribution >= 0.6 is 0 Å². The van der Waals surface area contributed by atoms with Gasteiger partial charge in [0.15, 0.2) is 0 Å². The van der Waals surface area contributed by atoms with Crippen LogP contribution < -0.4 is 16.0 Å². The summed E-state index contributed by atoms with van der Waals surface area (Å²) >= 11 is 0. The summed E-state index contributed by atoms with van der Waals surface area (Å²) in [5.74, 6) is 0.00962. The number of carbonyl (C=O) groups excluding carboxylic acids is 3. The van der Waals surface area contributed by atoms with Gasteiger partial charge in [-0.2, -0.15) is 0 Å². The highest BCUT2D eigenvalue weighted by molar-refractivity contribution is 6.01. The van der Waals surface area contributed by atoms with Crippen LogP contribution in [0.2, 0.25) is 0 Å². The first-order chi connectivity index (χ1) is 18.1. The predicted molar refractivity (Wildman–Crippen MR) is 151 cm³/mol. The van der Waals surface area contributed by atoms with E-state index in [1.807, 2.05) is 31.2 Å². The molecule has 3 rings (SSSR count). The van der Waals surface area contributed by atoms with E-state index in [2.05, 4.69) is 43.6 Å². The van der Waals surface area contributed by atoms with Gasteiger partial charge in [0.05, 0.1) is 18.2 Å². The number of anilines is 2. The molecule has 4 amide bonds. The molecule has 8 nitrogen and oxygen atoms in total. The number of hydrogen-bond donors (Lipinski definition) is 3. The van der Waals surface area contributed by atoms with E-state index in [4.69, 9.17) is 4.74 Å². The summed E-state index contributed by atoms with van der Waals surface area (Å²) in [4.78, 5) is 40.5. The lowest BCUT2D eigenvalue weighted by atomic mass is 9.93. The lowest BCUT2D eigenvalue weighted by Crippen LogP contribution is -2.48. The highest BCUT2D eigenvalue weighted by Crippen LogP contribution is 2.34. The van der Waals surface area contributed by atoms with E-state index >= 15 is 0 Å². The maximum Gasteiger partial charge on any atom is 0.338 e. The standard InChI is InChI=1S/C30H40N4O4/c1-8-16-34-20(7)25(28(35)38-9-2)26(33-30(34)37)21-12-10-13-22(17-21)31-29(36)32-27-23(18(3)4)14-11-15-24(27)19(5)6/h10-15,17-19,26H,8-9,16H2,1-7H3,(H,33,37)(H2,31,32,36)/t26-/m0/s1. The number of ether oxygens (including phenoxy) is 1. The van der Waals surface area contributed by atoms with E-state index in [1.54, 1.807) is 36.9 Å². The van der Waals surface area contributed by atoms with Crippen LogP contribution in [0.4, 0.5) is 21.0 Å². The van der Waals surface area contributed by atoms with E-state index < -0.39 is 12.0 Å². The maximum absolute atomic E-state index is 13.1. The smallest absolute Gasteiger partial charge is 0.338 e. The van der Waals surface area contributed by atoms with Gasteiger partial charge >= 0.3 is 18.0 Å². The summed E-state index contributed by atoms with van der Waals surface area (Å²) in [7, 11) is 0. The first-order valence-electron chi connectivity index (χ1n) is 13.4. The van der Waals surface area contributed by atoms with Gasteiger partial charge in [-0.3, -0.25) is 4.90 Å². The first-order valence-corrected chi connectivity index (χ1v) is 13.4. The molecule has 0 aliphatic carbocycles. The number of nitrogens with one attached hydrogen (secondary N) is 3. The predicted octanol–water partition coefficient (Wildman–Crippen LogP) is 6.89. The molecule has 1 aliphatic rings. The highest BCUT2D eigenvalue weighted by Gasteiger charge is 2.36. The summed E-state index contributed by atoms with van der Waals surface area (Å²) in [5.41, 5.74) is 5.13. The second-order valence-electron chi connectivity index (χ2n) is 10.1. The van der Waals surface area contributed by atoms with Gasteiger partial charge in [-0.25, -0.2) is 14.4 Å². The summed E-state index contributed by atoms with van der Waals surface area (Å²) in [6.45, 7) is 14.6. The lowest BCUT2D eigenvalue weighted by molar-refractivity contribution is -0.139. The summed E-state index contributed by atoms with van der Waals surface area (Å²) in [6, 6.07) is 11.9. The Morgan fingerprint density at radius 1 is 1.00 bits per heavy atom. The largest absolute Gasteiger partial charge is 0.463 e. The van der Waals surface area contributed by atoms with Crippen molar-refractivity contribution < 1.29 is 19.1 Å². The van der Waals surface area contributed by atoms with Crippen LogP contribution in [0.15, 0.2) is 53.7 Å². The minimum Gasteiger partial charge on any atom is -0.463 e. The van der Waals surface area contributed by atoms with Crippen molar-refractivity contribution in [2.24, 2.45) is 0 Å². The van der Waals surface area contributed by atoms with Crippen molar-refractivity contribution in [2.45, 2.75) is 72.8 Å². The summed E-state index contributed by atoms with van der Waals surface area (Å²) < 4.78 is 5.33. The fourth-order valence-electron chi connectivity index (χ4n) is 4.76. The van der Waals surface area contributed by atoms with Gasteiger partial charge in [0, 0.05) is 23.6 Å². The van der Waals surface area contributed by atoms with Gasteiger partial charge < -0.3 is 20.7 Å². The molecule has 0 saturated carbocycles. The number of amides is 4. The van der Waals surface area contributed by atoms with Gasteiger partial charge in [-0.15, -0.1) is 0 Å². The number of hydrogen-bond acceptors (Lipinski definition) is 4. The number of carbonyl (C=O) groups is 3. The van der Waals surface area contributed by atoms with Crippen LogP contribution in [0, 0.1) is 0 Å². The molecule has 2 aromatic rings. The fourth-order valence-corrected chi connectivity index (χ4v) is 4.76. The van der Waals surface area contributed by atoms with Crippen LogP contribution in [-0.4, -0.2) is 36.1 Å². The molecule has 8 heteroatoms.